The van der Waals surface area contributed by atoms with Crippen LogP contribution >= 0.6 is 0 Å². The lowest BCUT2D eigenvalue weighted by Gasteiger charge is -2.11. The molecule has 12 rings (SSSR count). The van der Waals surface area contributed by atoms with Crippen molar-refractivity contribution in [2.45, 2.75) is 166 Å². The van der Waals surface area contributed by atoms with Crippen LogP contribution in [0.2, 0.25) is 0 Å². The molecule has 6 heterocycles. The minimum Gasteiger partial charge on any atom is -0.198 e. The van der Waals surface area contributed by atoms with E-state index < -0.39 is 6.85 Å². The molecule has 0 unspecified atom stereocenters. The summed E-state index contributed by atoms with van der Waals surface area (Å²) in [5, 5.41) is 0. The molecule has 102 heavy (non-hydrogen) atoms. The third kappa shape index (κ3) is 18.7. The lowest BCUT2D eigenvalue weighted by atomic mass is 9.96. The van der Waals surface area contributed by atoms with Crippen LogP contribution in [-0.2, 0) is 42.3 Å². The smallest absolute Gasteiger partial charge is 0.198 e. The van der Waals surface area contributed by atoms with Crippen molar-refractivity contribution in [1.82, 2.24) is 0 Å². The molecular weight excluding hydrogens is 1240 g/mol. The van der Waals surface area contributed by atoms with Crippen LogP contribution in [0.5, 0.6) is 0 Å². The molecule has 0 radical (unpaired) electrons. The van der Waals surface area contributed by atoms with Gasteiger partial charge in [-0.3, -0.25) is 0 Å². The molecule has 0 bridgehead atoms. The molecule has 6 nitrogen and oxygen atoms in total. The fraction of sp³-hybridized carbons (Fsp3) is 0.312. The van der Waals surface area contributed by atoms with E-state index in [-0.39, 0.29) is 0 Å². The maximum absolute atomic E-state index is 7.49. The zero-order valence-electron chi connectivity index (χ0n) is 70.5. The topological polar surface area (TPSA) is 23.3 Å². The lowest BCUT2D eigenvalue weighted by Crippen LogP contribution is -2.35. The van der Waals surface area contributed by atoms with Gasteiger partial charge in [-0.05, 0) is 230 Å². The van der Waals surface area contributed by atoms with E-state index in [1.165, 1.54) is 179 Å². The summed E-state index contributed by atoms with van der Waals surface area (Å²) in [5.41, 5.74) is 45.7. The van der Waals surface area contributed by atoms with Crippen LogP contribution < -0.4 is 27.4 Å². The first-order valence-corrected chi connectivity index (χ1v) is 36.0. The van der Waals surface area contributed by atoms with Gasteiger partial charge in [0.2, 0.25) is 34.2 Å². The molecule has 12 aromatic rings. The fourth-order valence-corrected chi connectivity index (χ4v) is 13.9. The highest BCUT2D eigenvalue weighted by atomic mass is 15.0. The molecule has 0 aliphatic rings. The molecule has 0 spiro atoms. The molecule has 0 aliphatic heterocycles. The molecule has 0 atom stereocenters. The van der Waals surface area contributed by atoms with E-state index in [1.54, 1.807) is 12.1 Å². The molecule has 0 N–H and O–H groups in total. The minimum atomic E-state index is -2.05. The quantitative estimate of drug-likeness (QED) is 0.148. The third-order valence-corrected chi connectivity index (χ3v) is 20.7. The van der Waals surface area contributed by atoms with Gasteiger partial charge in [-0.25, -0.2) is 0 Å². The predicted molar refractivity (Wildman–Crippen MR) is 432 cm³/mol. The van der Waals surface area contributed by atoms with Gasteiger partial charge < -0.3 is 0 Å². The van der Waals surface area contributed by atoms with Gasteiger partial charge >= 0.3 is 0 Å². The Bertz CT molecular complexity index is 4910. The minimum absolute atomic E-state index is 0.395. The van der Waals surface area contributed by atoms with Crippen molar-refractivity contribution in [2.75, 3.05) is 0 Å². The molecule has 528 valence electrons. The molecule has 6 aromatic heterocycles. The van der Waals surface area contributed by atoms with E-state index in [2.05, 4.69) is 379 Å². The van der Waals surface area contributed by atoms with Crippen LogP contribution in [0.1, 0.15) is 138 Å². The number of aromatic nitrogens is 6. The van der Waals surface area contributed by atoms with Gasteiger partial charge in [-0.1, -0.05) is 107 Å². The van der Waals surface area contributed by atoms with Crippen molar-refractivity contribution < 1.29 is 31.5 Å². The van der Waals surface area contributed by atoms with Gasteiger partial charge in [0.25, 0.3) is 0 Å². The van der Waals surface area contributed by atoms with Gasteiger partial charge in [0.15, 0.2) is 34.2 Å². The van der Waals surface area contributed by atoms with Gasteiger partial charge in [0.05, 0.1) is 11.1 Å². The molecular formula is C96H120N6+6. The van der Waals surface area contributed by atoms with E-state index in [0.717, 1.165) is 16.8 Å². The molecule has 0 amide bonds. The number of pyridine rings is 6. The van der Waals surface area contributed by atoms with Gasteiger partial charge in [0, 0.05) is 138 Å². The van der Waals surface area contributed by atoms with Crippen molar-refractivity contribution in [3.05, 3.63) is 316 Å². The highest BCUT2D eigenvalue weighted by Gasteiger charge is 2.24. The van der Waals surface area contributed by atoms with Crippen LogP contribution in [0, 0.1) is 166 Å². The highest BCUT2D eigenvalue weighted by Crippen LogP contribution is 2.32. The van der Waals surface area contributed by atoms with Gasteiger partial charge in [-0.15, -0.1) is 0 Å². The first-order chi connectivity index (χ1) is 49.3. The van der Waals surface area contributed by atoms with Crippen molar-refractivity contribution in [3.8, 4) is 67.5 Å². The van der Waals surface area contributed by atoms with E-state index in [0.29, 0.717) is 5.56 Å². The zero-order valence-corrected chi connectivity index (χ0v) is 67.5. The number of rotatable bonds is 6. The predicted octanol–water partition coefficient (Wildman–Crippen LogP) is 20.5. The Balaban J connectivity index is 0.000000176. The Hall–Kier alpha value is -9.78. The third-order valence-electron chi connectivity index (χ3n) is 20.7. The summed E-state index contributed by atoms with van der Waals surface area (Å²) in [5.74, 6) is 0. The highest BCUT2D eigenvalue weighted by molar-refractivity contribution is 5.71. The standard InChI is InChI=1S/6C16H20N/c2*1-11-6-9-15(13(3)10-11)16-12(2)7-8-14(4)17(16)5;2*1-11-6-7-12(2)15(10-11)16-13(3)8-9-14(4)17(16)5;2*1-11-7-6-8-12(2)15(11)16-13(3)9-10-14(4)17(16)5/h6*6-10H,1-5H3/q6*+1/i1D3;;;;;. The second kappa shape index (κ2) is 34.7. The Morgan fingerprint density at radius 3 is 0.676 bits per heavy atom. The summed E-state index contributed by atoms with van der Waals surface area (Å²) in [6, 6.07) is 64.4. The summed E-state index contributed by atoms with van der Waals surface area (Å²) in [7, 11) is 12.7. The Kier molecular flexibility index (Phi) is 25.5. The monoisotopic (exact) mass is 1360 g/mol. The summed E-state index contributed by atoms with van der Waals surface area (Å²) in [6.07, 6.45) is 0. The van der Waals surface area contributed by atoms with Crippen molar-refractivity contribution in [1.29, 1.82) is 0 Å². The number of benzene rings is 6. The summed E-state index contributed by atoms with van der Waals surface area (Å²) >= 11 is 0. The Morgan fingerprint density at radius 2 is 0.402 bits per heavy atom. The number of hydrogen-bond acceptors (Lipinski definition) is 0. The first kappa shape index (κ1) is 74.9. The normalized spacial score (nSPS) is 11.2. The average Bonchev–Trinajstić information content (AvgIpc) is 0.804. The van der Waals surface area contributed by atoms with Crippen LogP contribution in [0.4, 0.5) is 0 Å². The number of nitrogens with zero attached hydrogens (tertiary/aromatic N) is 6. The van der Waals surface area contributed by atoms with Crippen LogP contribution in [0.15, 0.2) is 182 Å². The largest absolute Gasteiger partial charge is 0.215 e. The number of hydrogen-bond donors (Lipinski definition) is 0. The molecule has 0 aliphatic carbocycles. The van der Waals surface area contributed by atoms with Crippen molar-refractivity contribution in [3.63, 3.8) is 0 Å². The molecule has 0 saturated heterocycles. The fourth-order valence-electron chi connectivity index (χ4n) is 13.9. The Morgan fingerprint density at radius 1 is 0.186 bits per heavy atom. The average molecular weight is 1360 g/mol. The van der Waals surface area contributed by atoms with Gasteiger partial charge in [0.1, 0.15) is 42.3 Å². The van der Waals surface area contributed by atoms with Crippen LogP contribution in [-0.4, -0.2) is 0 Å². The van der Waals surface area contributed by atoms with Crippen LogP contribution in [0.3, 0.4) is 0 Å². The van der Waals surface area contributed by atoms with Gasteiger partial charge in [-0.2, -0.15) is 27.4 Å². The van der Waals surface area contributed by atoms with E-state index in [9.17, 15) is 0 Å². The molecule has 0 saturated carbocycles. The van der Waals surface area contributed by atoms with E-state index >= 15 is 0 Å². The zero-order chi connectivity index (χ0) is 78.0. The lowest BCUT2D eigenvalue weighted by molar-refractivity contribution is -0.667. The molecule has 6 heteroatoms. The van der Waals surface area contributed by atoms with E-state index in [4.69, 9.17) is 4.11 Å². The second-order valence-corrected chi connectivity index (χ2v) is 28.9. The second-order valence-electron chi connectivity index (χ2n) is 28.9. The first-order valence-electron chi connectivity index (χ1n) is 37.5. The number of aryl methyl sites for hydroxylation is 24. The SMILES string of the molecule is Cc1ccc(-c2c(C)ccc(C)[n+]2C)c(C)c1.Cc1ccc(C)c(-c2c(C)ccc(C)[n+]2C)c1.Cc1ccc(C)c(-c2c(C)ccc(C)[n+]2C)c1.Cc1cccc(C)c1-c1c(C)ccc(C)[n+]1C.Cc1cccc(C)c1-c1c(C)ccc(C)[n+]1C.[2H]C([2H])([2H])c1ccc(-c2c(C)ccc(C)[n+]2C)c(C)c1. The maximum Gasteiger partial charge on any atom is 0.215 e. The van der Waals surface area contributed by atoms with Crippen LogP contribution in [0.25, 0.3) is 67.5 Å². The van der Waals surface area contributed by atoms with E-state index in [1.807, 2.05) is 20.0 Å². The summed E-state index contributed by atoms with van der Waals surface area (Å²) in [4.78, 5) is 0. The summed E-state index contributed by atoms with van der Waals surface area (Å²) < 4.78 is 36.0. The molecule has 6 aromatic carbocycles. The van der Waals surface area contributed by atoms with Crippen molar-refractivity contribution >= 4 is 0 Å². The Labute approximate surface area is 620 Å². The summed E-state index contributed by atoms with van der Waals surface area (Å²) in [6.45, 7) is 47.4. The van der Waals surface area contributed by atoms with Crippen molar-refractivity contribution in [2.24, 2.45) is 42.3 Å². The maximum atomic E-state index is 7.49. The molecule has 0 fully saturated rings.